The van der Waals surface area contributed by atoms with Crippen molar-refractivity contribution in [2.75, 3.05) is 6.61 Å². The maximum absolute atomic E-state index is 12.0. The predicted molar refractivity (Wildman–Crippen MR) is 70.5 cm³/mol. The van der Waals surface area contributed by atoms with Crippen LogP contribution in [0.15, 0.2) is 42.5 Å². The molecular weight excluding hydrogens is 329 g/mol. The van der Waals surface area contributed by atoms with Crippen LogP contribution in [0.4, 0.5) is 0 Å². The quantitative estimate of drug-likeness (QED) is 0.478. The summed E-state index contributed by atoms with van der Waals surface area (Å²) in [6.45, 7) is 0.720. The molecular formula is C16H13O3Y-. The van der Waals surface area contributed by atoms with Crippen LogP contribution in [0.3, 0.4) is 0 Å². The van der Waals surface area contributed by atoms with E-state index in [2.05, 4.69) is 6.07 Å². The number of carbonyl (C=O) groups is 1. The second-order valence-corrected chi connectivity index (χ2v) is 4.40. The first-order chi connectivity index (χ1) is 9.33. The molecule has 0 unspecified atom stereocenters. The van der Waals surface area contributed by atoms with Gasteiger partial charge in [0.15, 0.2) is 0 Å². The Labute approximate surface area is 143 Å². The van der Waals surface area contributed by atoms with Crippen LogP contribution >= 0.6 is 0 Å². The summed E-state index contributed by atoms with van der Waals surface area (Å²) in [4.78, 5) is 12.0. The summed E-state index contributed by atoms with van der Waals surface area (Å²) in [7, 11) is 0. The van der Waals surface area contributed by atoms with Crippen molar-refractivity contribution in [3.8, 4) is 11.5 Å². The van der Waals surface area contributed by atoms with Gasteiger partial charge < -0.3 is 9.47 Å². The monoisotopic (exact) mass is 342 g/mol. The molecule has 99 valence electrons. The van der Waals surface area contributed by atoms with Crippen LogP contribution in [0.1, 0.15) is 22.3 Å². The van der Waals surface area contributed by atoms with Gasteiger partial charge in [-0.05, 0) is 24.1 Å². The zero-order valence-electron chi connectivity index (χ0n) is 11.0. The van der Waals surface area contributed by atoms with Gasteiger partial charge in [0.05, 0.1) is 6.61 Å². The second kappa shape index (κ2) is 7.00. The molecule has 0 spiro atoms. The van der Waals surface area contributed by atoms with E-state index in [0.29, 0.717) is 11.3 Å². The Morgan fingerprint density at radius 1 is 1.25 bits per heavy atom. The second-order valence-electron chi connectivity index (χ2n) is 4.40. The van der Waals surface area contributed by atoms with Crippen LogP contribution in [-0.2, 0) is 39.1 Å². The van der Waals surface area contributed by atoms with Crippen molar-refractivity contribution in [1.82, 2.24) is 0 Å². The summed E-state index contributed by atoms with van der Waals surface area (Å²) < 4.78 is 10.8. The first-order valence-corrected chi connectivity index (χ1v) is 6.27. The number of hydrogen-bond acceptors (Lipinski definition) is 3. The van der Waals surface area contributed by atoms with Gasteiger partial charge in [-0.1, -0.05) is 24.6 Å². The van der Waals surface area contributed by atoms with E-state index in [9.17, 15) is 4.79 Å². The van der Waals surface area contributed by atoms with Gasteiger partial charge in [-0.3, -0.25) is 4.79 Å². The number of rotatable bonds is 2. The Bertz CT molecular complexity index is 596. The normalized spacial score (nSPS) is 12.6. The number of aryl methyl sites for hydroxylation is 1. The average molecular weight is 342 g/mol. The fraction of sp³-hybridized carbons (Fsp3) is 0.188. The molecule has 1 heterocycles. The topological polar surface area (TPSA) is 35.5 Å². The third-order valence-electron chi connectivity index (χ3n) is 3.01. The van der Waals surface area contributed by atoms with Gasteiger partial charge in [0, 0.05) is 38.5 Å². The van der Waals surface area contributed by atoms with E-state index < -0.39 is 0 Å². The van der Waals surface area contributed by atoms with E-state index in [1.807, 2.05) is 24.3 Å². The fourth-order valence-corrected chi connectivity index (χ4v) is 2.06. The summed E-state index contributed by atoms with van der Waals surface area (Å²) in [6.07, 6.45) is 1.89. The molecule has 0 N–H and O–H groups in total. The maximum Gasteiger partial charge on any atom is 0.286 e. The average Bonchev–Trinajstić information content (AvgIpc) is 2.48. The van der Waals surface area contributed by atoms with Gasteiger partial charge in [0.2, 0.25) is 0 Å². The van der Waals surface area contributed by atoms with Gasteiger partial charge >= 0.3 is 0 Å². The maximum atomic E-state index is 12.0. The van der Waals surface area contributed by atoms with Gasteiger partial charge in [0.25, 0.3) is 5.97 Å². The summed E-state index contributed by atoms with van der Waals surface area (Å²) in [6, 6.07) is 15.5. The summed E-state index contributed by atoms with van der Waals surface area (Å²) in [5, 5.41) is 0. The summed E-state index contributed by atoms with van der Waals surface area (Å²) >= 11 is 0. The van der Waals surface area contributed by atoms with E-state index in [0.717, 1.165) is 30.8 Å². The van der Waals surface area contributed by atoms with E-state index in [1.165, 1.54) is 0 Å². The standard InChI is InChI=1S/C16H13O3.Y/c17-16(19-14-6-2-1-3-7-14)13-8-9-15-12(11-13)5-4-10-18-15;/h1-3,6-8,11H,4-5,10H2;/q-1;. The van der Waals surface area contributed by atoms with Crippen molar-refractivity contribution in [2.45, 2.75) is 12.8 Å². The molecule has 0 atom stereocenters. The Balaban J connectivity index is 0.00000147. The number of carbonyl (C=O) groups excluding carboxylic acids is 1. The zero-order chi connectivity index (χ0) is 13.1. The van der Waals surface area contributed by atoms with E-state index >= 15 is 0 Å². The van der Waals surface area contributed by atoms with E-state index in [-0.39, 0.29) is 38.7 Å². The third-order valence-corrected chi connectivity index (χ3v) is 3.01. The molecule has 0 fully saturated rings. The Morgan fingerprint density at radius 3 is 2.85 bits per heavy atom. The molecule has 1 aliphatic heterocycles. The largest absolute Gasteiger partial charge is 0.519 e. The minimum Gasteiger partial charge on any atom is -0.519 e. The minimum atomic E-state index is -0.365. The number of benzene rings is 2. The van der Waals surface area contributed by atoms with Crippen molar-refractivity contribution in [3.63, 3.8) is 0 Å². The van der Waals surface area contributed by atoms with Crippen LogP contribution in [0, 0.1) is 6.07 Å². The smallest absolute Gasteiger partial charge is 0.286 e. The number of para-hydroxylation sites is 1. The number of esters is 1. The minimum absolute atomic E-state index is 0. The summed E-state index contributed by atoms with van der Waals surface area (Å²) in [5.41, 5.74) is 1.53. The SMILES string of the molecule is O=C(Oc1ccccc1)c1c[c-]c2c(c1)CCCO2.[Y]. The number of fused-ring (bicyclic) bond motifs is 1. The third kappa shape index (κ3) is 3.47. The first kappa shape index (κ1) is 15.2. The molecule has 0 saturated carbocycles. The fourth-order valence-electron chi connectivity index (χ4n) is 2.06. The van der Waals surface area contributed by atoms with Gasteiger partial charge in [-0.15, -0.1) is 11.6 Å². The van der Waals surface area contributed by atoms with Crippen LogP contribution in [0.25, 0.3) is 0 Å². The van der Waals surface area contributed by atoms with Crippen LogP contribution in [0.2, 0.25) is 0 Å². The molecule has 0 aromatic heterocycles. The molecule has 0 bridgehead atoms. The Morgan fingerprint density at radius 2 is 2.05 bits per heavy atom. The van der Waals surface area contributed by atoms with Crippen molar-refractivity contribution in [2.24, 2.45) is 0 Å². The van der Waals surface area contributed by atoms with Crippen molar-refractivity contribution in [3.05, 3.63) is 59.7 Å². The number of hydrogen-bond donors (Lipinski definition) is 0. The molecule has 1 aliphatic rings. The Kier molecular flexibility index (Phi) is 5.33. The molecule has 3 rings (SSSR count). The molecule has 2 aromatic carbocycles. The first-order valence-electron chi connectivity index (χ1n) is 6.27. The Hall–Kier alpha value is -1.19. The molecule has 2 aromatic rings. The molecule has 20 heavy (non-hydrogen) atoms. The van der Waals surface area contributed by atoms with Crippen LogP contribution < -0.4 is 9.47 Å². The van der Waals surface area contributed by atoms with Gasteiger partial charge in [-0.25, -0.2) is 0 Å². The molecule has 1 radical (unpaired) electrons. The molecule has 3 nitrogen and oxygen atoms in total. The predicted octanol–water partition coefficient (Wildman–Crippen LogP) is 3.03. The molecule has 0 saturated heterocycles. The van der Waals surface area contributed by atoms with Gasteiger partial charge in [-0.2, -0.15) is 12.1 Å². The zero-order valence-corrected chi connectivity index (χ0v) is 13.8. The summed E-state index contributed by atoms with van der Waals surface area (Å²) in [5.74, 6) is 0.930. The van der Waals surface area contributed by atoms with Gasteiger partial charge in [0.1, 0.15) is 5.75 Å². The van der Waals surface area contributed by atoms with E-state index in [4.69, 9.17) is 9.47 Å². The molecule has 0 aliphatic carbocycles. The molecule has 4 heteroatoms. The van der Waals surface area contributed by atoms with E-state index in [1.54, 1.807) is 18.2 Å². The van der Waals surface area contributed by atoms with Crippen molar-refractivity contribution < 1.29 is 47.0 Å². The number of ether oxygens (including phenoxy) is 2. The van der Waals surface area contributed by atoms with Crippen molar-refractivity contribution >= 4 is 5.97 Å². The van der Waals surface area contributed by atoms with Crippen molar-refractivity contribution in [1.29, 1.82) is 0 Å². The van der Waals surface area contributed by atoms with Crippen LogP contribution in [-0.4, -0.2) is 12.6 Å². The van der Waals surface area contributed by atoms with Crippen LogP contribution in [0.5, 0.6) is 11.5 Å². The molecule has 0 amide bonds.